The van der Waals surface area contributed by atoms with Crippen LogP contribution in [0.1, 0.15) is 0 Å². The van der Waals surface area contributed by atoms with E-state index in [-0.39, 0.29) is 0 Å². The molecule has 0 fully saturated rings. The summed E-state index contributed by atoms with van der Waals surface area (Å²) in [5.74, 6) is 2.25. The van der Waals surface area contributed by atoms with Crippen molar-refractivity contribution in [3.63, 3.8) is 0 Å². The van der Waals surface area contributed by atoms with Crippen molar-refractivity contribution in [2.24, 2.45) is 0 Å². The Kier molecular flexibility index (Phi) is 7.69. The highest BCUT2D eigenvalue weighted by atomic mass is 15.1. The number of nitrogens with zero attached hydrogens (tertiary/aromatic N) is 6. The van der Waals surface area contributed by atoms with Crippen LogP contribution in [0.4, 0.5) is 0 Å². The summed E-state index contributed by atoms with van der Waals surface area (Å²) in [5, 5.41) is 11.7. The van der Waals surface area contributed by atoms with E-state index in [1.54, 1.807) is 0 Å². The molecule has 10 aromatic carbocycles. The van der Waals surface area contributed by atoms with Gasteiger partial charge in [-0.25, -0.2) is 9.97 Å². The number of hydrogen-bond acceptors (Lipinski definition) is 2. The molecule has 0 N–H and O–H groups in total. The van der Waals surface area contributed by atoms with Gasteiger partial charge in [-0.05, 0) is 83.6 Å². The van der Waals surface area contributed by atoms with Crippen molar-refractivity contribution < 1.29 is 0 Å². The molecule has 5 heterocycles. The maximum atomic E-state index is 5.62. The summed E-state index contributed by atoms with van der Waals surface area (Å²) in [6.07, 6.45) is 0. The van der Waals surface area contributed by atoms with E-state index in [0.717, 1.165) is 94.0 Å². The molecule has 0 aliphatic heterocycles. The second kappa shape index (κ2) is 14.1. The van der Waals surface area contributed by atoms with E-state index in [0.29, 0.717) is 5.82 Å². The molecule has 0 amide bonds. The lowest BCUT2D eigenvalue weighted by Crippen LogP contribution is -2.06. The van der Waals surface area contributed by atoms with Gasteiger partial charge in [0.15, 0.2) is 5.82 Å². The Balaban J connectivity index is 1.07. The van der Waals surface area contributed by atoms with Crippen molar-refractivity contribution in [2.75, 3.05) is 0 Å². The Labute approximate surface area is 389 Å². The van der Waals surface area contributed by atoms with Crippen LogP contribution in [0.2, 0.25) is 0 Å². The van der Waals surface area contributed by atoms with Gasteiger partial charge in [-0.2, -0.15) is 0 Å². The van der Waals surface area contributed by atoms with Gasteiger partial charge in [-0.3, -0.25) is 9.13 Å². The van der Waals surface area contributed by atoms with E-state index in [4.69, 9.17) is 9.97 Å². The van der Waals surface area contributed by atoms with E-state index in [9.17, 15) is 0 Å². The molecule has 0 unspecified atom stereocenters. The third-order valence-corrected chi connectivity index (χ3v) is 14.1. The number of para-hydroxylation sites is 6. The van der Waals surface area contributed by atoms with Crippen LogP contribution in [-0.2, 0) is 0 Å². The van der Waals surface area contributed by atoms with Crippen molar-refractivity contribution in [1.29, 1.82) is 0 Å². The fourth-order valence-electron chi connectivity index (χ4n) is 11.3. The van der Waals surface area contributed by atoms with E-state index in [1.807, 2.05) is 0 Å². The lowest BCUT2D eigenvalue weighted by molar-refractivity contribution is 0.995. The number of hydrogen-bond donors (Lipinski definition) is 0. The van der Waals surface area contributed by atoms with Crippen molar-refractivity contribution >= 4 is 98.0 Å². The van der Waals surface area contributed by atoms with E-state index >= 15 is 0 Å². The first-order valence-electron chi connectivity index (χ1n) is 23.2. The Morgan fingerprint density at radius 2 is 0.574 bits per heavy atom. The molecule has 0 saturated carbocycles. The first-order chi connectivity index (χ1) is 33.7. The number of benzene rings is 10. The standard InChI is InChI=1S/C62H38N6/c1-3-20-40(21-4-1)65-52-30-13-9-25-43(52)48-36-58-50(34-56(48)65)45-27-11-15-32-54(45)67(58)60-38-61(64-62(63-60)47-29-17-19-39-18-7-8-24-42(39)47)68-55-33-16-12-28-46(55)51-35-57-49(37-59(51)68)44-26-10-14-31-53(44)66(57)41-22-5-2-6-23-41/h1-38H. The van der Waals surface area contributed by atoms with Crippen molar-refractivity contribution in [3.8, 4) is 34.4 Å². The zero-order valence-electron chi connectivity index (χ0n) is 36.6. The topological polar surface area (TPSA) is 45.5 Å². The first kappa shape index (κ1) is 37.0. The molecule has 316 valence electrons. The highest BCUT2D eigenvalue weighted by Crippen LogP contribution is 2.43. The molecule has 0 saturated heterocycles. The maximum absolute atomic E-state index is 5.62. The van der Waals surface area contributed by atoms with Gasteiger partial charge < -0.3 is 9.13 Å². The third-order valence-electron chi connectivity index (χ3n) is 14.1. The number of fused-ring (bicyclic) bond motifs is 13. The molecule has 0 aliphatic carbocycles. The monoisotopic (exact) mass is 866 g/mol. The van der Waals surface area contributed by atoms with Crippen LogP contribution in [0.15, 0.2) is 231 Å². The SMILES string of the molecule is c1ccc(-n2c3ccccc3c3cc4c(cc32)c2ccccc2n4-c2cc(-n3c4ccccc4c4cc5c(cc43)c3ccccc3n5-c3ccccc3)nc(-c3cccc4ccccc34)n2)cc1. The zero-order chi connectivity index (χ0) is 44.5. The Morgan fingerprint density at radius 1 is 0.235 bits per heavy atom. The molecule has 5 aromatic heterocycles. The molecule has 15 rings (SSSR count). The predicted molar refractivity (Wildman–Crippen MR) is 282 cm³/mol. The smallest absolute Gasteiger partial charge is 0.164 e. The van der Waals surface area contributed by atoms with E-state index in [1.165, 1.54) is 32.6 Å². The van der Waals surface area contributed by atoms with Gasteiger partial charge in [0, 0.05) is 66.1 Å². The van der Waals surface area contributed by atoms with Gasteiger partial charge in [0.1, 0.15) is 11.6 Å². The molecule has 0 bridgehead atoms. The minimum absolute atomic E-state index is 0.662. The molecular formula is C62H38N6. The molecule has 0 spiro atoms. The van der Waals surface area contributed by atoms with E-state index in [2.05, 4.69) is 249 Å². The summed E-state index contributed by atoms with van der Waals surface area (Å²) in [6, 6.07) is 83.1. The van der Waals surface area contributed by atoms with Gasteiger partial charge in [0.25, 0.3) is 0 Å². The summed E-state index contributed by atoms with van der Waals surface area (Å²) < 4.78 is 9.51. The van der Waals surface area contributed by atoms with Crippen LogP contribution in [-0.4, -0.2) is 28.2 Å². The highest BCUT2D eigenvalue weighted by molar-refractivity contribution is 6.20. The van der Waals surface area contributed by atoms with Gasteiger partial charge in [0.2, 0.25) is 0 Å². The van der Waals surface area contributed by atoms with Crippen molar-refractivity contribution in [1.82, 2.24) is 28.2 Å². The van der Waals surface area contributed by atoms with E-state index < -0.39 is 0 Å². The molecule has 15 aromatic rings. The van der Waals surface area contributed by atoms with Crippen LogP contribution in [0.25, 0.3) is 132 Å². The molecule has 6 nitrogen and oxygen atoms in total. The summed E-state index contributed by atoms with van der Waals surface area (Å²) in [7, 11) is 0. The van der Waals surface area contributed by atoms with Crippen molar-refractivity contribution in [2.45, 2.75) is 0 Å². The lowest BCUT2D eigenvalue weighted by atomic mass is 10.0. The van der Waals surface area contributed by atoms with Gasteiger partial charge in [-0.15, -0.1) is 0 Å². The van der Waals surface area contributed by atoms with Crippen molar-refractivity contribution in [3.05, 3.63) is 231 Å². The average Bonchev–Trinajstić information content (AvgIpc) is 4.12. The third kappa shape index (κ3) is 5.22. The van der Waals surface area contributed by atoms with Crippen LogP contribution < -0.4 is 0 Å². The normalized spacial score (nSPS) is 12.1. The molecule has 68 heavy (non-hydrogen) atoms. The summed E-state index contributed by atoms with van der Waals surface area (Å²) >= 11 is 0. The number of aromatic nitrogens is 6. The van der Waals surface area contributed by atoms with Crippen LogP contribution in [0.3, 0.4) is 0 Å². The minimum Gasteiger partial charge on any atom is -0.309 e. The fraction of sp³-hybridized carbons (Fsp3) is 0. The predicted octanol–water partition coefficient (Wildman–Crippen LogP) is 15.7. The molecule has 0 aliphatic rings. The molecule has 0 atom stereocenters. The number of rotatable bonds is 5. The quantitative estimate of drug-likeness (QED) is 0.173. The Bertz CT molecular complexity index is 4300. The second-order valence-electron chi connectivity index (χ2n) is 17.8. The molecule has 0 radical (unpaired) electrons. The maximum Gasteiger partial charge on any atom is 0.164 e. The fourth-order valence-corrected chi connectivity index (χ4v) is 11.3. The van der Waals surface area contributed by atoms with Crippen LogP contribution >= 0.6 is 0 Å². The summed E-state index contributed by atoms with van der Waals surface area (Å²) in [4.78, 5) is 11.2. The van der Waals surface area contributed by atoms with Crippen LogP contribution in [0.5, 0.6) is 0 Å². The van der Waals surface area contributed by atoms with Crippen LogP contribution in [0, 0.1) is 0 Å². The molecule has 6 heteroatoms. The highest BCUT2D eigenvalue weighted by Gasteiger charge is 2.24. The Hall–Kier alpha value is -9.26. The lowest BCUT2D eigenvalue weighted by Gasteiger charge is -2.15. The average molecular weight is 867 g/mol. The van der Waals surface area contributed by atoms with Gasteiger partial charge >= 0.3 is 0 Å². The zero-order valence-corrected chi connectivity index (χ0v) is 36.6. The van der Waals surface area contributed by atoms with Gasteiger partial charge in [0.05, 0.1) is 44.1 Å². The molecular weight excluding hydrogens is 829 g/mol. The van der Waals surface area contributed by atoms with Gasteiger partial charge in [-0.1, -0.05) is 152 Å². The summed E-state index contributed by atoms with van der Waals surface area (Å²) in [5.41, 5.74) is 12.3. The first-order valence-corrected chi connectivity index (χ1v) is 23.2. The largest absolute Gasteiger partial charge is 0.309 e. The summed E-state index contributed by atoms with van der Waals surface area (Å²) in [6.45, 7) is 0. The second-order valence-corrected chi connectivity index (χ2v) is 17.8. The Morgan fingerprint density at radius 3 is 1.01 bits per heavy atom. The minimum atomic E-state index is 0.662.